The van der Waals surface area contributed by atoms with Gasteiger partial charge in [0.25, 0.3) is 0 Å². The summed E-state index contributed by atoms with van der Waals surface area (Å²) in [5.41, 5.74) is 1.93. The number of benzene rings is 2. The van der Waals surface area contributed by atoms with E-state index in [1.54, 1.807) is 31.3 Å². The molecule has 1 atom stereocenters. The van der Waals surface area contributed by atoms with Crippen LogP contribution in [0.5, 0.6) is 11.5 Å². The van der Waals surface area contributed by atoms with E-state index in [0.717, 1.165) is 29.3 Å². The monoisotopic (exact) mass is 452 g/mol. The molecule has 2 heterocycles. The number of rotatable bonds is 8. The van der Waals surface area contributed by atoms with Crippen LogP contribution in [0.25, 0.3) is 0 Å². The van der Waals surface area contributed by atoms with Crippen molar-refractivity contribution >= 4 is 34.0 Å². The van der Waals surface area contributed by atoms with Gasteiger partial charge in [0, 0.05) is 25.1 Å². The van der Waals surface area contributed by atoms with Gasteiger partial charge in [-0.05, 0) is 48.4 Å². The van der Waals surface area contributed by atoms with E-state index in [9.17, 15) is 9.59 Å². The molecule has 0 aliphatic carbocycles. The second-order valence-corrected chi connectivity index (χ2v) is 8.50. The third-order valence-electron chi connectivity index (χ3n) is 5.36. The van der Waals surface area contributed by atoms with Crippen LogP contribution in [0, 0.1) is 5.92 Å². The Morgan fingerprint density at radius 2 is 1.69 bits per heavy atom. The van der Waals surface area contributed by atoms with Crippen LogP contribution in [-0.4, -0.2) is 42.8 Å². The van der Waals surface area contributed by atoms with E-state index in [2.05, 4.69) is 15.5 Å². The molecule has 32 heavy (non-hydrogen) atoms. The summed E-state index contributed by atoms with van der Waals surface area (Å²) in [7, 11) is 3.23. The van der Waals surface area contributed by atoms with Crippen molar-refractivity contribution in [2.75, 3.05) is 31.0 Å². The average molecular weight is 453 g/mol. The molecule has 1 unspecified atom stereocenters. The number of amides is 2. The van der Waals surface area contributed by atoms with E-state index in [4.69, 9.17) is 9.47 Å². The van der Waals surface area contributed by atoms with E-state index >= 15 is 0 Å². The SMILES string of the molecule is COc1ccc(CCc2nnc(NC(=O)C3CC(=O)N(c4ccc(OC)cc4)C3)s2)cc1. The van der Waals surface area contributed by atoms with Crippen LogP contribution in [-0.2, 0) is 22.4 Å². The number of ether oxygens (including phenoxy) is 2. The fraction of sp³-hybridized carbons (Fsp3) is 0.304. The summed E-state index contributed by atoms with van der Waals surface area (Å²) in [6.07, 6.45) is 1.72. The number of hydrogen-bond donors (Lipinski definition) is 1. The van der Waals surface area contributed by atoms with Crippen molar-refractivity contribution in [3.63, 3.8) is 0 Å². The molecule has 1 N–H and O–H groups in total. The fourth-order valence-corrected chi connectivity index (χ4v) is 4.29. The fourth-order valence-electron chi connectivity index (χ4n) is 3.55. The molecule has 166 valence electrons. The van der Waals surface area contributed by atoms with Crippen molar-refractivity contribution in [3.05, 3.63) is 59.1 Å². The Labute approximate surface area is 190 Å². The van der Waals surface area contributed by atoms with Crippen LogP contribution >= 0.6 is 11.3 Å². The zero-order valence-corrected chi connectivity index (χ0v) is 18.7. The number of hydrogen-bond acceptors (Lipinski definition) is 7. The van der Waals surface area contributed by atoms with Crippen molar-refractivity contribution in [1.29, 1.82) is 0 Å². The van der Waals surface area contributed by atoms with Crippen molar-refractivity contribution < 1.29 is 19.1 Å². The van der Waals surface area contributed by atoms with Crippen molar-refractivity contribution in [2.45, 2.75) is 19.3 Å². The van der Waals surface area contributed by atoms with Crippen molar-refractivity contribution in [2.24, 2.45) is 5.92 Å². The molecule has 0 saturated carbocycles. The number of nitrogens with one attached hydrogen (secondary N) is 1. The third-order valence-corrected chi connectivity index (χ3v) is 6.26. The normalized spacial score (nSPS) is 15.6. The minimum absolute atomic E-state index is 0.0761. The van der Waals surface area contributed by atoms with E-state index in [0.29, 0.717) is 17.4 Å². The summed E-state index contributed by atoms with van der Waals surface area (Å²) in [5, 5.41) is 12.4. The molecule has 3 aromatic rings. The van der Waals surface area contributed by atoms with Gasteiger partial charge in [0.15, 0.2) is 0 Å². The van der Waals surface area contributed by atoms with Crippen LogP contribution in [0.2, 0.25) is 0 Å². The molecular formula is C23H24N4O4S. The number of aromatic nitrogens is 2. The molecule has 1 saturated heterocycles. The Morgan fingerprint density at radius 1 is 1.03 bits per heavy atom. The molecule has 2 amide bonds. The van der Waals surface area contributed by atoms with Gasteiger partial charge in [-0.2, -0.15) is 0 Å². The predicted molar refractivity (Wildman–Crippen MR) is 122 cm³/mol. The number of carbonyl (C=O) groups is 2. The molecule has 2 aromatic carbocycles. The minimum Gasteiger partial charge on any atom is -0.497 e. The first-order valence-corrected chi connectivity index (χ1v) is 11.1. The number of methoxy groups -OCH3 is 2. The second kappa shape index (κ2) is 9.78. The first-order chi connectivity index (χ1) is 15.6. The molecule has 1 aromatic heterocycles. The first-order valence-electron chi connectivity index (χ1n) is 10.3. The topological polar surface area (TPSA) is 93.7 Å². The Kier molecular flexibility index (Phi) is 6.65. The van der Waals surface area contributed by atoms with Crippen LogP contribution in [0.1, 0.15) is 17.0 Å². The highest BCUT2D eigenvalue weighted by Crippen LogP contribution is 2.28. The Morgan fingerprint density at radius 3 is 2.34 bits per heavy atom. The number of aryl methyl sites for hydroxylation is 2. The molecule has 8 nitrogen and oxygen atoms in total. The smallest absolute Gasteiger partial charge is 0.231 e. The van der Waals surface area contributed by atoms with Gasteiger partial charge in [-0.1, -0.05) is 23.5 Å². The van der Waals surface area contributed by atoms with Gasteiger partial charge in [0.05, 0.1) is 20.1 Å². The number of anilines is 2. The maximum absolute atomic E-state index is 12.7. The first kappa shape index (κ1) is 21.8. The zero-order chi connectivity index (χ0) is 22.5. The lowest BCUT2D eigenvalue weighted by molar-refractivity contribution is -0.122. The van der Waals surface area contributed by atoms with Gasteiger partial charge in [-0.15, -0.1) is 10.2 Å². The summed E-state index contributed by atoms with van der Waals surface area (Å²) in [6, 6.07) is 15.1. The standard InChI is InChI=1S/C23H24N4O4S/c1-30-18-8-3-15(4-9-18)5-12-20-25-26-23(32-20)24-22(29)16-13-21(28)27(14-16)17-6-10-19(31-2)11-7-17/h3-4,6-11,16H,5,12-14H2,1-2H3,(H,24,26,29). The van der Waals surface area contributed by atoms with Crippen LogP contribution < -0.4 is 19.7 Å². The van der Waals surface area contributed by atoms with Gasteiger partial charge >= 0.3 is 0 Å². The van der Waals surface area contributed by atoms with Gasteiger partial charge < -0.3 is 19.7 Å². The van der Waals surface area contributed by atoms with Crippen LogP contribution in [0.3, 0.4) is 0 Å². The van der Waals surface area contributed by atoms with Crippen LogP contribution in [0.4, 0.5) is 10.8 Å². The van der Waals surface area contributed by atoms with Gasteiger partial charge in [0.2, 0.25) is 16.9 Å². The molecule has 9 heteroatoms. The molecule has 0 radical (unpaired) electrons. The number of carbonyl (C=O) groups excluding carboxylic acids is 2. The third kappa shape index (κ3) is 5.05. The second-order valence-electron chi connectivity index (χ2n) is 7.44. The molecule has 4 rings (SSSR count). The summed E-state index contributed by atoms with van der Waals surface area (Å²) < 4.78 is 10.3. The molecule has 0 spiro atoms. The van der Waals surface area contributed by atoms with Gasteiger partial charge in [-0.3, -0.25) is 9.59 Å². The lowest BCUT2D eigenvalue weighted by Gasteiger charge is -2.16. The predicted octanol–water partition coefficient (Wildman–Crippen LogP) is 3.33. The number of nitrogens with zero attached hydrogens (tertiary/aromatic N) is 3. The highest BCUT2D eigenvalue weighted by atomic mass is 32.1. The van der Waals surface area contributed by atoms with E-state index < -0.39 is 5.92 Å². The highest BCUT2D eigenvalue weighted by Gasteiger charge is 2.35. The Balaban J connectivity index is 1.31. The summed E-state index contributed by atoms with van der Waals surface area (Å²) in [4.78, 5) is 26.8. The molecule has 0 bridgehead atoms. The Bertz CT molecular complexity index is 1080. The summed E-state index contributed by atoms with van der Waals surface area (Å²) in [6.45, 7) is 0.333. The lowest BCUT2D eigenvalue weighted by Crippen LogP contribution is -2.28. The van der Waals surface area contributed by atoms with E-state index in [-0.39, 0.29) is 18.2 Å². The van der Waals surface area contributed by atoms with Gasteiger partial charge in [-0.25, -0.2) is 0 Å². The van der Waals surface area contributed by atoms with E-state index in [1.807, 2.05) is 36.4 Å². The molecular weight excluding hydrogens is 428 g/mol. The summed E-state index contributed by atoms with van der Waals surface area (Å²) >= 11 is 1.36. The Hall–Kier alpha value is -3.46. The quantitative estimate of drug-likeness (QED) is 0.564. The largest absolute Gasteiger partial charge is 0.497 e. The van der Waals surface area contributed by atoms with Crippen molar-refractivity contribution in [1.82, 2.24) is 10.2 Å². The molecule has 1 fully saturated rings. The molecule has 1 aliphatic rings. The maximum atomic E-state index is 12.7. The van der Waals surface area contributed by atoms with Crippen molar-refractivity contribution in [3.8, 4) is 11.5 Å². The average Bonchev–Trinajstić information content (AvgIpc) is 3.44. The highest BCUT2D eigenvalue weighted by molar-refractivity contribution is 7.15. The molecule has 1 aliphatic heterocycles. The lowest BCUT2D eigenvalue weighted by atomic mass is 10.1. The van der Waals surface area contributed by atoms with Crippen LogP contribution in [0.15, 0.2) is 48.5 Å². The maximum Gasteiger partial charge on any atom is 0.231 e. The van der Waals surface area contributed by atoms with E-state index in [1.165, 1.54) is 16.9 Å². The van der Waals surface area contributed by atoms with Gasteiger partial charge in [0.1, 0.15) is 16.5 Å². The summed E-state index contributed by atoms with van der Waals surface area (Å²) in [5.74, 6) is 0.815. The zero-order valence-electron chi connectivity index (χ0n) is 17.9. The minimum atomic E-state index is -0.434.